The van der Waals surface area contributed by atoms with Crippen LogP contribution in [0.5, 0.6) is 5.88 Å². The molecular formula is C23H21N5O2. The van der Waals surface area contributed by atoms with Crippen molar-refractivity contribution in [2.75, 3.05) is 5.73 Å². The van der Waals surface area contributed by atoms with E-state index in [1.165, 1.54) is 0 Å². The molecule has 0 aliphatic carbocycles. The molecule has 0 radical (unpaired) electrons. The third kappa shape index (κ3) is 3.91. The van der Waals surface area contributed by atoms with Crippen molar-refractivity contribution >= 4 is 23.0 Å². The maximum atomic E-state index is 12.2. The number of carbonyl (C=O) groups excluding carboxylic acids is 1. The Balaban J connectivity index is 1.51. The number of hydrogen-bond acceptors (Lipinski definition) is 6. The van der Waals surface area contributed by atoms with E-state index < -0.39 is 17.9 Å². The van der Waals surface area contributed by atoms with Crippen LogP contribution in [0, 0.1) is 16.7 Å². The fourth-order valence-electron chi connectivity index (χ4n) is 3.50. The van der Waals surface area contributed by atoms with E-state index in [-0.39, 0.29) is 11.4 Å². The van der Waals surface area contributed by atoms with Crippen LogP contribution >= 0.6 is 0 Å². The maximum Gasteiger partial charge on any atom is 0.266 e. The van der Waals surface area contributed by atoms with Crippen LogP contribution in [-0.4, -0.2) is 22.3 Å². The van der Waals surface area contributed by atoms with Gasteiger partial charge in [0.25, 0.3) is 5.91 Å². The van der Waals surface area contributed by atoms with Crippen LogP contribution in [0.1, 0.15) is 22.7 Å². The van der Waals surface area contributed by atoms with E-state index in [0.717, 1.165) is 5.56 Å². The van der Waals surface area contributed by atoms with Gasteiger partial charge in [-0.3, -0.25) is 10.2 Å². The largest absolute Gasteiger partial charge is 0.473 e. The van der Waals surface area contributed by atoms with Crippen LogP contribution in [-0.2, 0) is 11.4 Å². The molecule has 2 heterocycles. The number of aromatic nitrogens is 1. The number of rotatable bonds is 6. The number of hydrogen-bond donors (Lipinski definition) is 4. The van der Waals surface area contributed by atoms with Crippen molar-refractivity contribution in [3.63, 3.8) is 0 Å². The zero-order valence-corrected chi connectivity index (χ0v) is 16.1. The van der Waals surface area contributed by atoms with Crippen LogP contribution in [0.2, 0.25) is 0 Å². The number of benzene rings is 2. The molecule has 0 saturated carbocycles. The molecule has 2 aromatic carbocycles. The second-order valence-electron chi connectivity index (χ2n) is 7.09. The first-order valence-corrected chi connectivity index (χ1v) is 9.49. The molecule has 1 aromatic heterocycles. The lowest BCUT2D eigenvalue weighted by Gasteiger charge is -2.20. The lowest BCUT2D eigenvalue weighted by molar-refractivity contribution is -0.114. The van der Waals surface area contributed by atoms with Gasteiger partial charge in [-0.25, -0.2) is 4.98 Å². The highest BCUT2D eigenvalue weighted by atomic mass is 16.5. The molecule has 1 aliphatic rings. The summed E-state index contributed by atoms with van der Waals surface area (Å²) in [4.78, 5) is 16.5. The molecule has 7 heteroatoms. The predicted molar refractivity (Wildman–Crippen MR) is 115 cm³/mol. The fourth-order valence-corrected chi connectivity index (χ4v) is 3.50. The Hall–Kier alpha value is -4.00. The maximum absolute atomic E-state index is 12.2. The van der Waals surface area contributed by atoms with E-state index in [2.05, 4.69) is 10.3 Å². The molecule has 30 heavy (non-hydrogen) atoms. The van der Waals surface area contributed by atoms with Crippen molar-refractivity contribution < 1.29 is 9.53 Å². The van der Waals surface area contributed by atoms with Gasteiger partial charge in [0, 0.05) is 18.0 Å². The number of carbonyl (C=O) groups is 1. The molecule has 7 nitrogen and oxygen atoms in total. The second kappa shape index (κ2) is 8.16. The van der Waals surface area contributed by atoms with Crippen molar-refractivity contribution in [1.29, 1.82) is 10.8 Å². The van der Waals surface area contributed by atoms with E-state index in [4.69, 9.17) is 21.3 Å². The zero-order valence-electron chi connectivity index (χ0n) is 16.1. The molecule has 150 valence electrons. The van der Waals surface area contributed by atoms with Crippen molar-refractivity contribution in [2.24, 2.45) is 5.92 Å². The summed E-state index contributed by atoms with van der Waals surface area (Å²) in [6, 6.07) is 19.6. The number of amides is 1. The third-order valence-electron chi connectivity index (χ3n) is 5.03. The van der Waals surface area contributed by atoms with Gasteiger partial charge in [-0.1, -0.05) is 48.5 Å². The van der Waals surface area contributed by atoms with E-state index in [1.807, 2.05) is 42.5 Å². The number of nitrogens with one attached hydrogen (secondary N) is 3. The predicted octanol–water partition coefficient (Wildman–Crippen LogP) is 3.12. The summed E-state index contributed by atoms with van der Waals surface area (Å²) in [6.45, 7) is 0.337. The monoisotopic (exact) mass is 399 g/mol. The molecule has 2 unspecified atom stereocenters. The highest BCUT2D eigenvalue weighted by Crippen LogP contribution is 2.31. The summed E-state index contributed by atoms with van der Waals surface area (Å²) in [7, 11) is 0. The number of nitrogens with zero attached hydrogens (tertiary/aromatic N) is 1. The first-order chi connectivity index (χ1) is 14.5. The summed E-state index contributed by atoms with van der Waals surface area (Å²) in [6.07, 6.45) is 1.61. The number of anilines is 1. The van der Waals surface area contributed by atoms with Gasteiger partial charge in [0.1, 0.15) is 12.3 Å². The SMILES string of the molecule is N=C1C(=O)NC(c2ccc(OCc3cccc(N)c3)nc2)C1C(=N)c1ccccc1. The minimum Gasteiger partial charge on any atom is -0.473 e. The molecule has 1 saturated heterocycles. The topological polar surface area (TPSA) is 125 Å². The zero-order chi connectivity index (χ0) is 21.1. The molecule has 1 amide bonds. The normalized spacial score (nSPS) is 18.1. The van der Waals surface area contributed by atoms with Crippen molar-refractivity contribution in [3.8, 4) is 5.88 Å². The first kappa shape index (κ1) is 19.3. The highest BCUT2D eigenvalue weighted by Gasteiger charge is 2.41. The molecule has 0 bridgehead atoms. The van der Waals surface area contributed by atoms with E-state index >= 15 is 0 Å². The first-order valence-electron chi connectivity index (χ1n) is 9.49. The highest BCUT2D eigenvalue weighted by molar-refractivity contribution is 6.45. The summed E-state index contributed by atoms with van der Waals surface area (Å²) in [5.74, 6) is -0.705. The van der Waals surface area contributed by atoms with Gasteiger partial charge in [-0.15, -0.1) is 0 Å². The van der Waals surface area contributed by atoms with Crippen LogP contribution in [0.4, 0.5) is 5.69 Å². The van der Waals surface area contributed by atoms with E-state index in [9.17, 15) is 4.79 Å². The van der Waals surface area contributed by atoms with Gasteiger partial charge in [-0.05, 0) is 28.8 Å². The summed E-state index contributed by atoms with van der Waals surface area (Å²) < 4.78 is 5.71. The van der Waals surface area contributed by atoms with Crippen molar-refractivity contribution in [3.05, 3.63) is 89.6 Å². The van der Waals surface area contributed by atoms with Gasteiger partial charge >= 0.3 is 0 Å². The summed E-state index contributed by atoms with van der Waals surface area (Å²) >= 11 is 0. The lowest BCUT2D eigenvalue weighted by atomic mass is 9.86. The molecular weight excluding hydrogens is 378 g/mol. The number of nitrogen functional groups attached to an aromatic ring is 1. The molecule has 3 aromatic rings. The standard InChI is InChI=1S/C23H21N5O2/c24-17-8-4-5-14(11-17)13-30-18-10-9-16(12-27-18)22-19(21(26)23(29)28-22)20(25)15-6-2-1-3-7-15/h1-12,19,22,25-26H,13,24H2,(H,28,29). The minimum atomic E-state index is -0.680. The third-order valence-corrected chi connectivity index (χ3v) is 5.03. The molecule has 0 spiro atoms. The summed E-state index contributed by atoms with van der Waals surface area (Å²) in [5, 5.41) is 19.5. The van der Waals surface area contributed by atoms with Crippen LogP contribution < -0.4 is 15.8 Å². The average Bonchev–Trinajstić information content (AvgIpc) is 3.07. The smallest absolute Gasteiger partial charge is 0.266 e. The Bertz CT molecular complexity index is 1100. The number of pyridine rings is 1. The van der Waals surface area contributed by atoms with Crippen LogP contribution in [0.25, 0.3) is 0 Å². The number of ether oxygens (including phenoxy) is 1. The number of nitrogens with two attached hydrogens (primary N) is 1. The Labute approximate surface area is 173 Å². The molecule has 5 N–H and O–H groups in total. The quantitative estimate of drug-likeness (QED) is 0.375. The molecule has 4 rings (SSSR count). The van der Waals surface area contributed by atoms with Gasteiger partial charge in [-0.2, -0.15) is 0 Å². The Morgan fingerprint density at radius 2 is 1.90 bits per heavy atom. The van der Waals surface area contributed by atoms with Gasteiger partial charge in [0.15, 0.2) is 0 Å². The van der Waals surface area contributed by atoms with Crippen LogP contribution in [0.3, 0.4) is 0 Å². The fraction of sp³-hybridized carbons (Fsp3) is 0.130. The Morgan fingerprint density at radius 1 is 1.10 bits per heavy atom. The minimum absolute atomic E-state index is 0.115. The Kier molecular flexibility index (Phi) is 5.26. The molecule has 2 atom stereocenters. The van der Waals surface area contributed by atoms with E-state index in [1.54, 1.807) is 30.5 Å². The van der Waals surface area contributed by atoms with Crippen LogP contribution in [0.15, 0.2) is 72.9 Å². The second-order valence-corrected chi connectivity index (χ2v) is 7.09. The van der Waals surface area contributed by atoms with E-state index in [0.29, 0.717) is 29.3 Å². The average molecular weight is 399 g/mol. The van der Waals surface area contributed by atoms with Gasteiger partial charge in [0.05, 0.1) is 17.7 Å². The van der Waals surface area contributed by atoms with Crippen molar-refractivity contribution in [1.82, 2.24) is 10.3 Å². The Morgan fingerprint density at radius 3 is 2.60 bits per heavy atom. The van der Waals surface area contributed by atoms with Gasteiger partial charge < -0.3 is 21.2 Å². The lowest BCUT2D eigenvalue weighted by Crippen LogP contribution is -2.26. The molecule has 1 fully saturated rings. The summed E-state index contributed by atoms with van der Waals surface area (Å²) in [5.41, 5.74) is 8.90. The van der Waals surface area contributed by atoms with Crippen molar-refractivity contribution in [2.45, 2.75) is 12.6 Å². The molecule has 1 aliphatic heterocycles. The van der Waals surface area contributed by atoms with Gasteiger partial charge in [0.2, 0.25) is 5.88 Å².